The van der Waals surface area contributed by atoms with Gasteiger partial charge in [0.25, 0.3) is 0 Å². The van der Waals surface area contributed by atoms with Crippen molar-refractivity contribution in [1.82, 2.24) is 10.3 Å². The van der Waals surface area contributed by atoms with Crippen LogP contribution in [0, 0.1) is 0 Å². The molecular formula is C9H20N2. The summed E-state index contributed by atoms with van der Waals surface area (Å²) in [6.45, 7) is 4.25. The van der Waals surface area contributed by atoms with Crippen molar-refractivity contribution in [3.63, 3.8) is 0 Å². The summed E-state index contributed by atoms with van der Waals surface area (Å²) in [5.41, 5.74) is 0. The van der Waals surface area contributed by atoms with Crippen LogP contribution in [-0.2, 0) is 0 Å². The maximum Gasteiger partial charge on any atom is 0.000496 e. The summed E-state index contributed by atoms with van der Waals surface area (Å²) in [6.07, 6.45) is 5.00. The minimum atomic E-state index is 1.25. The molecule has 0 spiro atoms. The average molecular weight is 156 g/mol. The van der Waals surface area contributed by atoms with Gasteiger partial charge in [-0.1, -0.05) is 20.3 Å². The van der Waals surface area contributed by atoms with E-state index in [0.717, 1.165) is 0 Å². The summed E-state index contributed by atoms with van der Waals surface area (Å²) >= 11 is 0. The lowest BCUT2D eigenvalue weighted by Gasteiger charge is -1.59. The molecule has 11 heavy (non-hydrogen) atoms. The summed E-state index contributed by atoms with van der Waals surface area (Å²) < 4.78 is 0. The smallest absolute Gasteiger partial charge is 0.000496 e. The topological polar surface area (TPSA) is 27.8 Å². The largest absolute Gasteiger partial charge is 0.368 e. The SMILES string of the molecule is CCC.CNC.c1cc[nH]c1. The first-order chi connectivity index (χ1) is 5.33. The van der Waals surface area contributed by atoms with Crippen molar-refractivity contribution in [3.05, 3.63) is 24.5 Å². The quantitative estimate of drug-likeness (QED) is 0.592. The average Bonchev–Trinajstić information content (AvgIpc) is 2.44. The molecule has 1 aromatic rings. The Bertz CT molecular complexity index is 83.1. The molecule has 0 amide bonds. The zero-order valence-corrected chi connectivity index (χ0v) is 8.02. The number of rotatable bonds is 0. The first-order valence-corrected chi connectivity index (χ1v) is 3.99. The van der Waals surface area contributed by atoms with Gasteiger partial charge in [0, 0.05) is 12.4 Å². The van der Waals surface area contributed by atoms with E-state index in [2.05, 4.69) is 24.1 Å². The first-order valence-electron chi connectivity index (χ1n) is 3.99. The van der Waals surface area contributed by atoms with Crippen LogP contribution in [0.25, 0.3) is 0 Å². The van der Waals surface area contributed by atoms with Crippen LogP contribution in [0.3, 0.4) is 0 Å². The van der Waals surface area contributed by atoms with E-state index in [0.29, 0.717) is 0 Å². The molecule has 2 heteroatoms. The van der Waals surface area contributed by atoms with Crippen molar-refractivity contribution in [1.29, 1.82) is 0 Å². The lowest BCUT2D eigenvalue weighted by molar-refractivity contribution is 1.02. The van der Waals surface area contributed by atoms with Gasteiger partial charge in [0.2, 0.25) is 0 Å². The monoisotopic (exact) mass is 156 g/mol. The summed E-state index contributed by atoms with van der Waals surface area (Å²) in [5.74, 6) is 0. The number of aromatic nitrogens is 1. The van der Waals surface area contributed by atoms with E-state index < -0.39 is 0 Å². The van der Waals surface area contributed by atoms with Gasteiger partial charge in [0.15, 0.2) is 0 Å². The summed E-state index contributed by atoms with van der Waals surface area (Å²) in [4.78, 5) is 2.86. The molecular weight excluding hydrogens is 136 g/mol. The van der Waals surface area contributed by atoms with Crippen molar-refractivity contribution in [2.75, 3.05) is 14.1 Å². The summed E-state index contributed by atoms with van der Waals surface area (Å²) in [5, 5.41) is 2.75. The maximum absolute atomic E-state index is 2.86. The molecule has 0 fully saturated rings. The Balaban J connectivity index is 0. The molecule has 2 N–H and O–H groups in total. The maximum atomic E-state index is 2.86. The van der Waals surface area contributed by atoms with Crippen molar-refractivity contribution in [3.8, 4) is 0 Å². The lowest BCUT2D eigenvalue weighted by atomic mass is 10.6. The standard InChI is InChI=1S/C4H5N.C3H8.C2H7N/c1-2-4-5-3-1;2*1-3-2/h1-5H;3H2,1-2H3;3H,1-2H3. The van der Waals surface area contributed by atoms with Crippen LogP contribution in [0.15, 0.2) is 24.5 Å². The Morgan fingerprint density at radius 1 is 1.09 bits per heavy atom. The van der Waals surface area contributed by atoms with Gasteiger partial charge in [0.1, 0.15) is 0 Å². The molecule has 0 bridgehead atoms. The van der Waals surface area contributed by atoms with E-state index in [1.54, 1.807) is 0 Å². The van der Waals surface area contributed by atoms with Crippen LogP contribution in [-0.4, -0.2) is 19.1 Å². The van der Waals surface area contributed by atoms with Crippen LogP contribution in [0.2, 0.25) is 0 Å². The molecule has 0 radical (unpaired) electrons. The number of aromatic amines is 1. The highest BCUT2D eigenvalue weighted by atomic mass is 14.7. The molecule has 0 aromatic carbocycles. The molecule has 0 saturated carbocycles. The van der Waals surface area contributed by atoms with Gasteiger partial charge >= 0.3 is 0 Å². The fourth-order valence-electron chi connectivity index (χ4n) is 0.278. The van der Waals surface area contributed by atoms with E-state index in [4.69, 9.17) is 0 Å². The van der Waals surface area contributed by atoms with Gasteiger partial charge in [-0.2, -0.15) is 0 Å². The van der Waals surface area contributed by atoms with Crippen LogP contribution < -0.4 is 5.32 Å². The van der Waals surface area contributed by atoms with Crippen molar-refractivity contribution in [2.24, 2.45) is 0 Å². The van der Waals surface area contributed by atoms with Gasteiger partial charge in [-0.15, -0.1) is 0 Å². The van der Waals surface area contributed by atoms with Gasteiger partial charge < -0.3 is 10.3 Å². The normalized spacial score (nSPS) is 6.91. The minimum absolute atomic E-state index is 1.25. The third-order valence-corrected chi connectivity index (χ3v) is 0.496. The second kappa shape index (κ2) is 16.1. The second-order valence-corrected chi connectivity index (χ2v) is 2.09. The first kappa shape index (κ1) is 12.9. The third-order valence-electron chi connectivity index (χ3n) is 0.496. The second-order valence-electron chi connectivity index (χ2n) is 2.09. The number of nitrogens with one attached hydrogen (secondary N) is 2. The Labute approximate surface area is 70.0 Å². The zero-order chi connectivity index (χ0) is 8.95. The Morgan fingerprint density at radius 3 is 1.45 bits per heavy atom. The minimum Gasteiger partial charge on any atom is -0.368 e. The molecule has 0 atom stereocenters. The molecule has 2 nitrogen and oxygen atoms in total. The van der Waals surface area contributed by atoms with E-state index in [9.17, 15) is 0 Å². The van der Waals surface area contributed by atoms with E-state index in [1.807, 2.05) is 38.6 Å². The molecule has 1 aromatic heterocycles. The van der Waals surface area contributed by atoms with Crippen molar-refractivity contribution in [2.45, 2.75) is 20.3 Å². The van der Waals surface area contributed by atoms with E-state index in [1.165, 1.54) is 6.42 Å². The molecule has 0 unspecified atom stereocenters. The Morgan fingerprint density at radius 2 is 1.36 bits per heavy atom. The van der Waals surface area contributed by atoms with Crippen LogP contribution in [0.5, 0.6) is 0 Å². The highest BCUT2D eigenvalue weighted by Gasteiger charge is 1.55. The molecule has 1 heterocycles. The number of hydrogen-bond acceptors (Lipinski definition) is 1. The Hall–Kier alpha value is -0.760. The molecule has 0 saturated heterocycles. The van der Waals surface area contributed by atoms with E-state index >= 15 is 0 Å². The fourth-order valence-corrected chi connectivity index (χ4v) is 0.278. The fraction of sp³-hybridized carbons (Fsp3) is 0.556. The highest BCUT2D eigenvalue weighted by Crippen LogP contribution is 1.72. The molecule has 0 aliphatic heterocycles. The predicted octanol–water partition coefficient (Wildman–Crippen LogP) is 2.27. The van der Waals surface area contributed by atoms with Gasteiger partial charge in [-0.05, 0) is 26.2 Å². The zero-order valence-electron chi connectivity index (χ0n) is 8.02. The Kier molecular flexibility index (Phi) is 18.9. The number of H-pyrrole nitrogens is 1. The summed E-state index contributed by atoms with van der Waals surface area (Å²) in [6, 6.07) is 3.89. The van der Waals surface area contributed by atoms with Crippen molar-refractivity contribution < 1.29 is 0 Å². The summed E-state index contributed by atoms with van der Waals surface area (Å²) in [7, 11) is 3.75. The highest BCUT2D eigenvalue weighted by molar-refractivity contribution is 4.84. The van der Waals surface area contributed by atoms with Gasteiger partial charge in [-0.3, -0.25) is 0 Å². The lowest BCUT2D eigenvalue weighted by Crippen LogP contribution is -1.89. The third kappa shape index (κ3) is 26.9. The molecule has 1 rings (SSSR count). The number of hydrogen-bond donors (Lipinski definition) is 2. The van der Waals surface area contributed by atoms with Crippen molar-refractivity contribution >= 4 is 0 Å². The van der Waals surface area contributed by atoms with Crippen LogP contribution >= 0.6 is 0 Å². The van der Waals surface area contributed by atoms with Crippen LogP contribution in [0.1, 0.15) is 20.3 Å². The predicted molar refractivity (Wildman–Crippen MR) is 51.7 cm³/mol. The van der Waals surface area contributed by atoms with Gasteiger partial charge in [0.05, 0.1) is 0 Å². The molecule has 66 valence electrons. The van der Waals surface area contributed by atoms with Gasteiger partial charge in [-0.25, -0.2) is 0 Å². The molecule has 0 aliphatic carbocycles. The van der Waals surface area contributed by atoms with Crippen LogP contribution in [0.4, 0.5) is 0 Å². The molecule has 0 aliphatic rings. The van der Waals surface area contributed by atoms with E-state index in [-0.39, 0.29) is 0 Å².